The Morgan fingerprint density at radius 1 is 1.11 bits per heavy atom. The number of benzene rings is 1. The highest BCUT2D eigenvalue weighted by Crippen LogP contribution is 2.38. The first kappa shape index (κ1) is 12.2. The Morgan fingerprint density at radius 3 is 2.67 bits per heavy atom. The average Bonchev–Trinajstić information content (AvgIpc) is 2.38. The van der Waals surface area contributed by atoms with Gasteiger partial charge in [-0.1, -0.05) is 30.9 Å². The molecular weight excluding hydrogens is 244 g/mol. The number of nitrogens with zero attached hydrogens (tertiary/aromatic N) is 1. The van der Waals surface area contributed by atoms with Crippen LogP contribution in [-0.4, -0.2) is 13.1 Å². The lowest BCUT2D eigenvalue weighted by Crippen LogP contribution is -2.42. The Hall–Kier alpha value is -0.890. The van der Waals surface area contributed by atoms with E-state index in [1.165, 1.54) is 44.3 Å². The van der Waals surface area contributed by atoms with E-state index in [2.05, 4.69) is 11.0 Å². The summed E-state index contributed by atoms with van der Waals surface area (Å²) < 4.78 is 0. The van der Waals surface area contributed by atoms with Crippen molar-refractivity contribution in [2.75, 3.05) is 23.7 Å². The third-order valence-corrected chi connectivity index (χ3v) is 4.86. The van der Waals surface area contributed by atoms with Crippen molar-refractivity contribution in [3.8, 4) is 0 Å². The van der Waals surface area contributed by atoms with E-state index in [4.69, 9.17) is 17.3 Å². The monoisotopic (exact) mass is 264 g/mol. The predicted molar refractivity (Wildman–Crippen MR) is 78.1 cm³/mol. The minimum absolute atomic E-state index is 0.726. The van der Waals surface area contributed by atoms with Crippen molar-refractivity contribution in [3.63, 3.8) is 0 Å². The molecule has 1 saturated heterocycles. The van der Waals surface area contributed by atoms with Gasteiger partial charge in [-0.15, -0.1) is 0 Å². The Balaban J connectivity index is 1.77. The normalized spacial score (nSPS) is 27.9. The molecule has 0 spiro atoms. The zero-order chi connectivity index (χ0) is 12.5. The van der Waals surface area contributed by atoms with Crippen molar-refractivity contribution in [1.82, 2.24) is 0 Å². The molecule has 1 aliphatic carbocycles. The Bertz CT molecular complexity index is 433. The van der Waals surface area contributed by atoms with Crippen molar-refractivity contribution in [1.29, 1.82) is 0 Å². The van der Waals surface area contributed by atoms with E-state index < -0.39 is 0 Å². The molecule has 2 aliphatic rings. The summed E-state index contributed by atoms with van der Waals surface area (Å²) in [7, 11) is 0. The molecule has 0 radical (unpaired) electrons. The van der Waals surface area contributed by atoms with E-state index in [0.717, 1.165) is 29.1 Å². The summed E-state index contributed by atoms with van der Waals surface area (Å²) in [5, 5.41) is 0.726. The number of nitrogen functional groups attached to an aromatic ring is 1. The minimum Gasteiger partial charge on any atom is -0.397 e. The highest BCUT2D eigenvalue weighted by Gasteiger charge is 2.31. The van der Waals surface area contributed by atoms with Gasteiger partial charge < -0.3 is 10.6 Å². The third-order valence-electron chi connectivity index (χ3n) is 4.62. The van der Waals surface area contributed by atoms with Crippen LogP contribution in [0.2, 0.25) is 5.02 Å². The van der Waals surface area contributed by atoms with E-state index in [-0.39, 0.29) is 0 Å². The van der Waals surface area contributed by atoms with Crippen LogP contribution in [0.3, 0.4) is 0 Å². The molecule has 2 unspecified atom stereocenters. The molecule has 0 amide bonds. The molecule has 1 heterocycles. The van der Waals surface area contributed by atoms with Crippen molar-refractivity contribution < 1.29 is 0 Å². The maximum absolute atomic E-state index is 6.09. The van der Waals surface area contributed by atoms with Crippen LogP contribution >= 0.6 is 11.6 Å². The topological polar surface area (TPSA) is 29.3 Å². The fraction of sp³-hybridized carbons (Fsp3) is 0.600. The minimum atomic E-state index is 0.726. The molecule has 2 N–H and O–H groups in total. The van der Waals surface area contributed by atoms with Gasteiger partial charge in [0.15, 0.2) is 0 Å². The van der Waals surface area contributed by atoms with Crippen LogP contribution in [0.15, 0.2) is 18.2 Å². The van der Waals surface area contributed by atoms with E-state index in [1.807, 2.05) is 12.1 Å². The SMILES string of the molecule is Nc1cc(Cl)ccc1N1CCC2CCCCC2C1. The summed E-state index contributed by atoms with van der Waals surface area (Å²) in [6.07, 6.45) is 7.01. The molecule has 3 rings (SSSR count). The summed E-state index contributed by atoms with van der Waals surface area (Å²) in [6.45, 7) is 2.32. The summed E-state index contributed by atoms with van der Waals surface area (Å²) in [5.74, 6) is 1.84. The fourth-order valence-corrected chi connectivity index (χ4v) is 3.81. The second-order valence-corrected chi connectivity index (χ2v) is 6.18. The first-order valence-corrected chi connectivity index (χ1v) is 7.42. The Labute approximate surface area is 114 Å². The quantitative estimate of drug-likeness (QED) is 0.779. The zero-order valence-corrected chi connectivity index (χ0v) is 11.5. The summed E-state index contributed by atoms with van der Waals surface area (Å²) >= 11 is 5.97. The fourth-order valence-electron chi connectivity index (χ4n) is 3.63. The van der Waals surface area contributed by atoms with Crippen LogP contribution < -0.4 is 10.6 Å². The van der Waals surface area contributed by atoms with E-state index in [1.54, 1.807) is 0 Å². The maximum atomic E-state index is 6.09. The summed E-state index contributed by atoms with van der Waals surface area (Å²) in [4.78, 5) is 2.46. The van der Waals surface area contributed by atoms with Crippen molar-refractivity contribution >= 4 is 23.0 Å². The van der Waals surface area contributed by atoms with Gasteiger partial charge in [0, 0.05) is 18.1 Å². The second kappa shape index (κ2) is 5.00. The van der Waals surface area contributed by atoms with Crippen LogP contribution in [0.25, 0.3) is 0 Å². The van der Waals surface area contributed by atoms with Gasteiger partial charge in [-0.05, 0) is 42.9 Å². The number of rotatable bonds is 1. The van der Waals surface area contributed by atoms with Crippen LogP contribution in [0, 0.1) is 11.8 Å². The molecule has 0 bridgehead atoms. The van der Waals surface area contributed by atoms with Crippen molar-refractivity contribution in [2.24, 2.45) is 11.8 Å². The number of nitrogens with two attached hydrogens (primary N) is 1. The van der Waals surface area contributed by atoms with Crippen molar-refractivity contribution in [2.45, 2.75) is 32.1 Å². The number of halogens is 1. The van der Waals surface area contributed by atoms with Gasteiger partial charge in [-0.25, -0.2) is 0 Å². The highest BCUT2D eigenvalue weighted by atomic mass is 35.5. The molecule has 2 fully saturated rings. The van der Waals surface area contributed by atoms with Crippen molar-refractivity contribution in [3.05, 3.63) is 23.2 Å². The van der Waals surface area contributed by atoms with Gasteiger partial charge in [-0.2, -0.15) is 0 Å². The van der Waals surface area contributed by atoms with Gasteiger partial charge in [0.25, 0.3) is 0 Å². The largest absolute Gasteiger partial charge is 0.397 e. The summed E-state index contributed by atoms with van der Waals surface area (Å²) in [6, 6.07) is 5.88. The zero-order valence-electron chi connectivity index (χ0n) is 10.7. The van der Waals surface area contributed by atoms with Crippen LogP contribution in [0.5, 0.6) is 0 Å². The number of fused-ring (bicyclic) bond motifs is 1. The van der Waals surface area contributed by atoms with Gasteiger partial charge in [0.05, 0.1) is 11.4 Å². The van der Waals surface area contributed by atoms with Gasteiger partial charge in [-0.3, -0.25) is 0 Å². The molecule has 1 aliphatic heterocycles. The molecule has 2 nitrogen and oxygen atoms in total. The maximum Gasteiger partial charge on any atom is 0.0601 e. The van der Waals surface area contributed by atoms with Gasteiger partial charge in [0.1, 0.15) is 0 Å². The molecule has 0 aromatic heterocycles. The Morgan fingerprint density at radius 2 is 1.89 bits per heavy atom. The molecular formula is C15H21ClN2. The molecule has 98 valence electrons. The van der Waals surface area contributed by atoms with Gasteiger partial charge in [0.2, 0.25) is 0 Å². The lowest BCUT2D eigenvalue weighted by Gasteiger charge is -2.42. The first-order chi connectivity index (χ1) is 8.74. The molecule has 1 aromatic rings. The van der Waals surface area contributed by atoms with E-state index >= 15 is 0 Å². The molecule has 1 aromatic carbocycles. The predicted octanol–water partition coefficient (Wildman–Crippen LogP) is 3.94. The molecule has 2 atom stereocenters. The van der Waals surface area contributed by atoms with Crippen LogP contribution in [0.4, 0.5) is 11.4 Å². The van der Waals surface area contributed by atoms with Crippen LogP contribution in [-0.2, 0) is 0 Å². The summed E-state index contributed by atoms with van der Waals surface area (Å²) in [5.41, 5.74) is 8.08. The number of hydrogen-bond donors (Lipinski definition) is 1. The third kappa shape index (κ3) is 2.31. The van der Waals surface area contributed by atoms with E-state index in [9.17, 15) is 0 Å². The lowest BCUT2D eigenvalue weighted by molar-refractivity contribution is 0.202. The Kier molecular flexibility index (Phi) is 3.38. The second-order valence-electron chi connectivity index (χ2n) is 5.74. The smallest absolute Gasteiger partial charge is 0.0601 e. The van der Waals surface area contributed by atoms with Gasteiger partial charge >= 0.3 is 0 Å². The molecule has 1 saturated carbocycles. The number of hydrogen-bond acceptors (Lipinski definition) is 2. The number of piperidine rings is 1. The lowest BCUT2D eigenvalue weighted by atomic mass is 9.75. The standard InChI is InChI=1S/C15H21ClN2/c16-13-5-6-15(14(17)9-13)18-8-7-11-3-1-2-4-12(11)10-18/h5-6,9,11-12H,1-4,7-8,10,17H2. The number of anilines is 2. The van der Waals surface area contributed by atoms with E-state index in [0.29, 0.717) is 0 Å². The molecule has 3 heteroatoms. The van der Waals surface area contributed by atoms with Crippen LogP contribution in [0.1, 0.15) is 32.1 Å². The highest BCUT2D eigenvalue weighted by molar-refractivity contribution is 6.31. The molecule has 18 heavy (non-hydrogen) atoms. The first-order valence-electron chi connectivity index (χ1n) is 7.04. The average molecular weight is 265 g/mol.